The number of alkyl halides is 3. The van der Waals surface area contributed by atoms with E-state index in [1.807, 2.05) is 13.0 Å². The number of aromatic nitrogens is 3. The molecule has 8 nitrogen and oxygen atoms in total. The lowest BCUT2D eigenvalue weighted by molar-refractivity contribution is -0.142. The average Bonchev–Trinajstić information content (AvgIpc) is 3.48. The van der Waals surface area contributed by atoms with Crippen molar-refractivity contribution in [3.05, 3.63) is 69.3 Å². The predicted octanol–water partition coefficient (Wildman–Crippen LogP) is 5.18. The Balaban J connectivity index is 1.69. The summed E-state index contributed by atoms with van der Waals surface area (Å²) in [7, 11) is 1.40. The number of nitrogens with two attached hydrogens (primary N) is 1. The second-order valence-electron chi connectivity index (χ2n) is 7.14. The van der Waals surface area contributed by atoms with Crippen molar-refractivity contribution < 1.29 is 27.5 Å². The van der Waals surface area contributed by atoms with Crippen molar-refractivity contribution in [2.24, 2.45) is 10.9 Å². The number of halogens is 4. The molecule has 35 heavy (non-hydrogen) atoms. The lowest BCUT2D eigenvalue weighted by Crippen LogP contribution is -2.17. The maximum atomic E-state index is 13.8. The van der Waals surface area contributed by atoms with Gasteiger partial charge in [0.05, 0.1) is 23.2 Å². The van der Waals surface area contributed by atoms with Crippen LogP contribution in [-0.2, 0) is 17.4 Å². The molecule has 0 spiro atoms. The fraction of sp³-hybridized carbons (Fsp3) is 0.182. The number of oxime groups is 1. The maximum Gasteiger partial charge on any atom is 0.433 e. The Hall–Kier alpha value is -3.64. The van der Waals surface area contributed by atoms with Crippen LogP contribution in [0.1, 0.15) is 33.5 Å². The van der Waals surface area contributed by atoms with Gasteiger partial charge in [0.25, 0.3) is 0 Å². The van der Waals surface area contributed by atoms with Crippen LogP contribution in [0, 0.1) is 0 Å². The Bertz CT molecular complexity index is 1450. The first-order valence-electron chi connectivity index (χ1n) is 10.1. The van der Waals surface area contributed by atoms with Crippen molar-refractivity contribution in [1.82, 2.24) is 14.6 Å². The monoisotopic (exact) mass is 523 g/mol. The number of carbonyl (C=O) groups is 1. The summed E-state index contributed by atoms with van der Waals surface area (Å²) in [6.45, 7) is 1.94. The first-order chi connectivity index (χ1) is 16.6. The number of fused-ring (bicyclic) bond motifs is 1. The largest absolute Gasteiger partial charge is 0.496 e. The predicted molar refractivity (Wildman–Crippen MR) is 125 cm³/mol. The summed E-state index contributed by atoms with van der Waals surface area (Å²) in [6, 6.07) is 10.1. The number of hydrogen-bond acceptors (Lipinski definition) is 7. The fourth-order valence-corrected chi connectivity index (χ4v) is 4.26. The van der Waals surface area contributed by atoms with Gasteiger partial charge in [-0.25, -0.2) is 14.3 Å². The summed E-state index contributed by atoms with van der Waals surface area (Å²) < 4.78 is 47.0. The molecule has 13 heteroatoms. The first kappa shape index (κ1) is 24.5. The van der Waals surface area contributed by atoms with E-state index < -0.39 is 23.5 Å². The van der Waals surface area contributed by atoms with Gasteiger partial charge in [-0.1, -0.05) is 23.7 Å². The van der Waals surface area contributed by atoms with Crippen LogP contribution in [-0.4, -0.2) is 33.5 Å². The molecule has 4 rings (SSSR count). The molecule has 2 N–H and O–H groups in total. The highest BCUT2D eigenvalue weighted by molar-refractivity contribution is 7.15. The van der Waals surface area contributed by atoms with Crippen LogP contribution in [0.5, 0.6) is 5.75 Å². The lowest BCUT2D eigenvalue weighted by atomic mass is 10.2. The molecule has 0 fully saturated rings. The number of methoxy groups -OCH3 is 1. The Morgan fingerprint density at radius 3 is 2.66 bits per heavy atom. The molecule has 0 aliphatic rings. The SMILES string of the molecule is CCc1ccc(-c2cc(C(F)(F)F)n3nc(C(=O)O/N=C(\N)c4cc(Cl)ccc4OC)cc3n2)s1. The standard InChI is InChI=1S/C22H17ClF3N5O3S/c1-3-12-5-7-17(35-12)14-9-18(22(24,25)26)31-19(28-14)10-15(29-31)21(32)34-30-20(27)13-8-11(23)4-6-16(13)33-2/h4-10H,3H2,1-2H3,(H2,27,30). The van der Waals surface area contributed by atoms with Gasteiger partial charge in [0.2, 0.25) is 0 Å². The molecule has 0 radical (unpaired) electrons. The zero-order valence-corrected chi connectivity index (χ0v) is 19.8. The van der Waals surface area contributed by atoms with E-state index in [1.165, 1.54) is 24.5 Å². The van der Waals surface area contributed by atoms with E-state index in [1.54, 1.807) is 18.2 Å². The van der Waals surface area contributed by atoms with E-state index in [4.69, 9.17) is 26.9 Å². The first-order valence-corrected chi connectivity index (χ1v) is 11.3. The van der Waals surface area contributed by atoms with Crippen LogP contribution in [0.4, 0.5) is 13.2 Å². The lowest BCUT2D eigenvalue weighted by Gasteiger charge is -2.10. The minimum atomic E-state index is -4.75. The van der Waals surface area contributed by atoms with Crippen LogP contribution in [0.2, 0.25) is 5.02 Å². The number of nitrogens with zero attached hydrogens (tertiary/aromatic N) is 4. The van der Waals surface area contributed by atoms with Crippen LogP contribution in [0.15, 0.2) is 47.6 Å². The Labute approximate surface area is 205 Å². The highest BCUT2D eigenvalue weighted by Gasteiger charge is 2.36. The molecule has 0 amide bonds. The molecule has 3 heterocycles. The number of carbonyl (C=O) groups excluding carboxylic acids is 1. The Morgan fingerprint density at radius 2 is 2.00 bits per heavy atom. The molecule has 1 aromatic carbocycles. The molecule has 182 valence electrons. The number of hydrogen-bond donors (Lipinski definition) is 1. The van der Waals surface area contributed by atoms with Crippen LogP contribution in [0.25, 0.3) is 16.2 Å². The van der Waals surface area contributed by atoms with Crippen molar-refractivity contribution in [3.63, 3.8) is 0 Å². The van der Waals surface area contributed by atoms with Crippen LogP contribution in [0.3, 0.4) is 0 Å². The van der Waals surface area contributed by atoms with E-state index in [2.05, 4.69) is 15.2 Å². The van der Waals surface area contributed by atoms with E-state index in [-0.39, 0.29) is 22.7 Å². The van der Waals surface area contributed by atoms with Gasteiger partial charge in [-0.15, -0.1) is 11.3 Å². The highest BCUT2D eigenvalue weighted by Crippen LogP contribution is 2.34. The highest BCUT2D eigenvalue weighted by atomic mass is 35.5. The maximum absolute atomic E-state index is 13.8. The van der Waals surface area contributed by atoms with E-state index in [0.29, 0.717) is 20.2 Å². The van der Waals surface area contributed by atoms with Crippen molar-refractivity contribution in [3.8, 4) is 16.3 Å². The van der Waals surface area contributed by atoms with E-state index >= 15 is 0 Å². The van der Waals surface area contributed by atoms with Gasteiger partial charge in [-0.2, -0.15) is 18.3 Å². The molecular formula is C22H17ClF3N5O3S. The third kappa shape index (κ3) is 5.08. The summed E-state index contributed by atoms with van der Waals surface area (Å²) in [6.07, 6.45) is -4.01. The average molecular weight is 524 g/mol. The van der Waals surface area contributed by atoms with Crippen LogP contribution >= 0.6 is 22.9 Å². The van der Waals surface area contributed by atoms with Crippen LogP contribution < -0.4 is 10.5 Å². The zero-order valence-electron chi connectivity index (χ0n) is 18.3. The zero-order chi connectivity index (χ0) is 25.3. The topological polar surface area (TPSA) is 104 Å². The van der Waals surface area contributed by atoms with Gasteiger partial charge in [0.1, 0.15) is 5.75 Å². The number of benzene rings is 1. The molecule has 0 saturated heterocycles. The Kier molecular flexibility index (Phi) is 6.68. The van der Waals surface area contributed by atoms with Gasteiger partial charge in [0.15, 0.2) is 22.9 Å². The van der Waals surface area contributed by atoms with Crippen molar-refractivity contribution in [2.45, 2.75) is 19.5 Å². The molecule has 0 aliphatic heterocycles. The molecule has 0 aliphatic carbocycles. The van der Waals surface area contributed by atoms with Gasteiger partial charge in [-0.3, -0.25) is 0 Å². The second kappa shape index (κ2) is 9.55. The van der Waals surface area contributed by atoms with Gasteiger partial charge >= 0.3 is 12.1 Å². The fourth-order valence-electron chi connectivity index (χ4n) is 3.17. The van der Waals surface area contributed by atoms with Crippen molar-refractivity contribution >= 4 is 40.4 Å². The van der Waals surface area contributed by atoms with E-state index in [9.17, 15) is 18.0 Å². The normalized spacial score (nSPS) is 12.2. The number of rotatable bonds is 6. The number of amidine groups is 1. The molecule has 3 aromatic heterocycles. The van der Waals surface area contributed by atoms with Gasteiger partial charge in [0, 0.05) is 16.0 Å². The third-order valence-electron chi connectivity index (χ3n) is 4.85. The second-order valence-corrected chi connectivity index (χ2v) is 8.75. The molecular weight excluding hydrogens is 507 g/mol. The minimum absolute atomic E-state index is 0.115. The molecule has 4 aromatic rings. The van der Waals surface area contributed by atoms with Gasteiger partial charge < -0.3 is 15.3 Å². The molecule has 0 unspecified atom stereocenters. The smallest absolute Gasteiger partial charge is 0.433 e. The van der Waals surface area contributed by atoms with Crippen molar-refractivity contribution in [2.75, 3.05) is 7.11 Å². The summed E-state index contributed by atoms with van der Waals surface area (Å²) in [5.41, 5.74) is 4.54. The number of aryl methyl sites for hydroxylation is 1. The summed E-state index contributed by atoms with van der Waals surface area (Å²) in [4.78, 5) is 23.1. The van der Waals surface area contributed by atoms with Gasteiger partial charge in [-0.05, 0) is 42.8 Å². The molecule has 0 bridgehead atoms. The number of thiophene rings is 1. The summed E-state index contributed by atoms with van der Waals surface area (Å²) in [5.74, 6) is -1.04. The van der Waals surface area contributed by atoms with Crippen molar-refractivity contribution in [1.29, 1.82) is 0 Å². The van der Waals surface area contributed by atoms with E-state index in [0.717, 1.165) is 23.4 Å². The minimum Gasteiger partial charge on any atom is -0.496 e. The third-order valence-corrected chi connectivity index (χ3v) is 6.34. The Morgan fingerprint density at radius 1 is 1.23 bits per heavy atom. The number of ether oxygens (including phenoxy) is 1. The summed E-state index contributed by atoms with van der Waals surface area (Å²) in [5, 5.41) is 7.63. The molecule has 0 atom stereocenters. The molecule has 0 saturated carbocycles. The summed E-state index contributed by atoms with van der Waals surface area (Å²) >= 11 is 7.29. The quantitative estimate of drug-likeness (QED) is 0.162.